The summed E-state index contributed by atoms with van der Waals surface area (Å²) in [7, 11) is 2.11. The number of Topliss-reactive ketones (excluding diaryl/α,β-unsaturated/α-hetero) is 1. The maximum Gasteiger partial charge on any atom is 0.183 e. The fourth-order valence-corrected chi connectivity index (χ4v) is 2.55. The van der Waals surface area contributed by atoms with Gasteiger partial charge in [-0.15, -0.1) is 5.10 Å². The Morgan fingerprint density at radius 2 is 1.76 bits per heavy atom. The van der Waals surface area contributed by atoms with E-state index in [0.29, 0.717) is 5.69 Å². The predicted octanol–water partition coefficient (Wildman–Crippen LogP) is 1.22. The summed E-state index contributed by atoms with van der Waals surface area (Å²) in [5.74, 6) is 0.757. The molecule has 0 saturated carbocycles. The number of benzene rings is 1. The van der Waals surface area contributed by atoms with Gasteiger partial charge in [0.1, 0.15) is 0 Å². The summed E-state index contributed by atoms with van der Waals surface area (Å²) in [5.41, 5.74) is 1.37. The highest BCUT2D eigenvalue weighted by Crippen LogP contribution is 2.24. The average Bonchev–Trinajstić information content (AvgIpc) is 2.94. The van der Waals surface area contributed by atoms with Gasteiger partial charge in [-0.2, -0.15) is 4.68 Å². The van der Waals surface area contributed by atoms with Crippen molar-refractivity contribution >= 4 is 11.6 Å². The molecule has 0 unspecified atom stereocenters. The average molecular weight is 285 g/mol. The molecule has 6 nitrogen and oxygen atoms in total. The molecule has 0 atom stereocenters. The molecule has 2 heterocycles. The highest BCUT2D eigenvalue weighted by atomic mass is 16.1. The Labute approximate surface area is 124 Å². The fraction of sp³-hybridized carbons (Fsp3) is 0.400. The second kappa shape index (κ2) is 5.65. The van der Waals surface area contributed by atoms with E-state index in [0.717, 1.165) is 37.7 Å². The Bertz CT molecular complexity index is 629. The van der Waals surface area contributed by atoms with Crippen LogP contribution in [0, 0.1) is 0 Å². The van der Waals surface area contributed by atoms with Gasteiger partial charge in [-0.1, -0.05) is 23.4 Å². The quantitative estimate of drug-likeness (QED) is 0.794. The number of carbonyl (C=O) groups is 1. The first-order chi connectivity index (χ1) is 10.2. The summed E-state index contributed by atoms with van der Waals surface area (Å²) < 4.78 is 1.77. The van der Waals surface area contributed by atoms with Crippen LogP contribution in [0.15, 0.2) is 30.3 Å². The van der Waals surface area contributed by atoms with E-state index in [-0.39, 0.29) is 5.78 Å². The van der Waals surface area contributed by atoms with Crippen LogP contribution in [0.5, 0.6) is 0 Å². The van der Waals surface area contributed by atoms with Crippen molar-refractivity contribution < 1.29 is 4.79 Å². The third-order valence-corrected chi connectivity index (χ3v) is 3.78. The number of likely N-dealkylation sites (N-methyl/N-ethyl adjacent to an activating group) is 1. The molecule has 0 radical (unpaired) electrons. The van der Waals surface area contributed by atoms with Crippen LogP contribution in [0.2, 0.25) is 0 Å². The van der Waals surface area contributed by atoms with Crippen LogP contribution in [0.4, 0.5) is 5.82 Å². The smallest absolute Gasteiger partial charge is 0.183 e. The lowest BCUT2D eigenvalue weighted by molar-refractivity contribution is 0.101. The topological polar surface area (TPSA) is 54.3 Å². The highest BCUT2D eigenvalue weighted by Gasteiger charge is 2.25. The number of aromatic nitrogens is 3. The van der Waals surface area contributed by atoms with Crippen molar-refractivity contribution in [1.82, 2.24) is 19.9 Å². The van der Waals surface area contributed by atoms with E-state index in [2.05, 4.69) is 27.2 Å². The van der Waals surface area contributed by atoms with Crippen LogP contribution >= 0.6 is 0 Å². The molecule has 0 aliphatic carbocycles. The van der Waals surface area contributed by atoms with Gasteiger partial charge in [-0.05, 0) is 19.2 Å². The molecule has 110 valence electrons. The fourth-order valence-electron chi connectivity index (χ4n) is 2.55. The molecule has 1 aliphatic heterocycles. The molecule has 1 fully saturated rings. The monoisotopic (exact) mass is 285 g/mol. The zero-order valence-corrected chi connectivity index (χ0v) is 12.4. The zero-order valence-electron chi connectivity index (χ0n) is 12.4. The first-order valence-corrected chi connectivity index (χ1v) is 7.12. The lowest BCUT2D eigenvalue weighted by Gasteiger charge is -2.34. The Morgan fingerprint density at radius 1 is 1.10 bits per heavy atom. The van der Waals surface area contributed by atoms with E-state index in [1.807, 2.05) is 30.3 Å². The highest BCUT2D eigenvalue weighted by molar-refractivity contribution is 5.97. The number of ketones is 1. The molecular weight excluding hydrogens is 266 g/mol. The van der Waals surface area contributed by atoms with Gasteiger partial charge in [0.15, 0.2) is 17.3 Å². The van der Waals surface area contributed by atoms with E-state index < -0.39 is 0 Å². The lowest BCUT2D eigenvalue weighted by atomic mass is 10.2. The first-order valence-electron chi connectivity index (χ1n) is 7.12. The van der Waals surface area contributed by atoms with Gasteiger partial charge in [-0.25, -0.2) is 0 Å². The van der Waals surface area contributed by atoms with Crippen LogP contribution < -0.4 is 4.90 Å². The van der Waals surface area contributed by atoms with Gasteiger partial charge in [0, 0.05) is 33.1 Å². The molecular formula is C15H19N5O. The molecule has 0 N–H and O–H groups in total. The number of anilines is 1. The van der Waals surface area contributed by atoms with Crippen molar-refractivity contribution in [3.8, 4) is 5.69 Å². The summed E-state index contributed by atoms with van der Waals surface area (Å²) in [6.45, 7) is 5.22. The van der Waals surface area contributed by atoms with E-state index in [9.17, 15) is 4.79 Å². The summed E-state index contributed by atoms with van der Waals surface area (Å²) in [6, 6.07) is 9.81. The molecule has 2 aromatic rings. The summed E-state index contributed by atoms with van der Waals surface area (Å²) in [4.78, 5) is 16.3. The Morgan fingerprint density at radius 3 is 2.38 bits per heavy atom. The van der Waals surface area contributed by atoms with Crippen molar-refractivity contribution in [1.29, 1.82) is 0 Å². The summed E-state index contributed by atoms with van der Waals surface area (Å²) in [5, 5.41) is 8.29. The van der Waals surface area contributed by atoms with Gasteiger partial charge in [-0.3, -0.25) is 4.79 Å². The van der Waals surface area contributed by atoms with Gasteiger partial charge >= 0.3 is 0 Å². The number of rotatable bonds is 3. The lowest BCUT2D eigenvalue weighted by Crippen LogP contribution is -2.45. The van der Waals surface area contributed by atoms with Crippen molar-refractivity contribution in [2.75, 3.05) is 38.1 Å². The zero-order chi connectivity index (χ0) is 14.8. The number of hydrogen-bond acceptors (Lipinski definition) is 5. The Kier molecular flexibility index (Phi) is 3.70. The second-order valence-corrected chi connectivity index (χ2v) is 5.36. The largest absolute Gasteiger partial charge is 0.352 e. The molecule has 0 bridgehead atoms. The van der Waals surface area contributed by atoms with Crippen molar-refractivity contribution in [2.24, 2.45) is 0 Å². The van der Waals surface area contributed by atoms with Crippen molar-refractivity contribution in [3.63, 3.8) is 0 Å². The third kappa shape index (κ3) is 2.67. The summed E-state index contributed by atoms with van der Waals surface area (Å²) >= 11 is 0. The molecule has 0 amide bonds. The van der Waals surface area contributed by atoms with Crippen LogP contribution in [-0.2, 0) is 0 Å². The maximum atomic E-state index is 11.9. The number of para-hydroxylation sites is 1. The van der Waals surface area contributed by atoms with Crippen LogP contribution in [0.3, 0.4) is 0 Å². The van der Waals surface area contributed by atoms with Crippen LogP contribution in [0.25, 0.3) is 5.69 Å². The second-order valence-electron chi connectivity index (χ2n) is 5.36. The minimum Gasteiger partial charge on any atom is -0.352 e. The number of carbonyl (C=O) groups excluding carboxylic acids is 1. The number of piperazine rings is 1. The van der Waals surface area contributed by atoms with Crippen LogP contribution in [0.1, 0.15) is 17.4 Å². The van der Waals surface area contributed by atoms with E-state index in [1.54, 1.807) is 11.6 Å². The number of hydrogen-bond donors (Lipinski definition) is 0. The van der Waals surface area contributed by atoms with Crippen molar-refractivity contribution in [2.45, 2.75) is 6.92 Å². The third-order valence-electron chi connectivity index (χ3n) is 3.78. The molecule has 3 rings (SSSR count). The first kappa shape index (κ1) is 13.8. The van der Waals surface area contributed by atoms with Crippen LogP contribution in [-0.4, -0.2) is 58.9 Å². The molecule has 0 spiro atoms. The molecule has 21 heavy (non-hydrogen) atoms. The maximum absolute atomic E-state index is 11.9. The molecule has 1 aromatic heterocycles. The SMILES string of the molecule is CC(=O)c1nnn(-c2ccccc2)c1N1CCN(C)CC1. The van der Waals surface area contributed by atoms with E-state index in [4.69, 9.17) is 0 Å². The Hall–Kier alpha value is -2.21. The number of nitrogens with zero attached hydrogens (tertiary/aromatic N) is 5. The normalized spacial score (nSPS) is 16.2. The molecule has 6 heteroatoms. The minimum absolute atomic E-state index is 0.0499. The molecule has 1 aromatic carbocycles. The van der Waals surface area contributed by atoms with E-state index >= 15 is 0 Å². The van der Waals surface area contributed by atoms with Gasteiger partial charge < -0.3 is 9.80 Å². The molecule has 1 saturated heterocycles. The minimum atomic E-state index is -0.0499. The predicted molar refractivity (Wildman–Crippen MR) is 81.1 cm³/mol. The molecule has 1 aliphatic rings. The van der Waals surface area contributed by atoms with Gasteiger partial charge in [0.05, 0.1) is 5.69 Å². The van der Waals surface area contributed by atoms with E-state index in [1.165, 1.54) is 0 Å². The summed E-state index contributed by atoms with van der Waals surface area (Å²) in [6.07, 6.45) is 0. The van der Waals surface area contributed by atoms with Gasteiger partial charge in [0.25, 0.3) is 0 Å². The van der Waals surface area contributed by atoms with Crippen molar-refractivity contribution in [3.05, 3.63) is 36.0 Å². The standard InChI is InChI=1S/C15H19N5O/c1-12(21)14-15(19-10-8-18(2)9-11-19)20(17-16-14)13-6-4-3-5-7-13/h3-7H,8-11H2,1-2H3. The van der Waals surface area contributed by atoms with Gasteiger partial charge in [0.2, 0.25) is 0 Å². The Balaban J connectivity index is 2.04.